The molecule has 0 bridgehead atoms. The molecule has 1 aromatic carbocycles. The van der Waals surface area contributed by atoms with E-state index < -0.39 is 28.9 Å². The average Bonchev–Trinajstić information content (AvgIpc) is 2.53. The number of esters is 1. The molecule has 1 amide bonds. The first kappa shape index (κ1) is 18.5. The molecule has 1 aliphatic heterocycles. The predicted molar refractivity (Wildman–Crippen MR) is 91.5 cm³/mol. The van der Waals surface area contributed by atoms with Crippen LogP contribution in [0, 0.1) is 16.0 Å². The Balaban J connectivity index is 2.63. The fourth-order valence-electron chi connectivity index (χ4n) is 2.67. The van der Waals surface area contributed by atoms with Crippen LogP contribution in [0.5, 0.6) is 0 Å². The van der Waals surface area contributed by atoms with Crippen LogP contribution < -0.4 is 0 Å². The molecule has 0 aliphatic carbocycles. The van der Waals surface area contributed by atoms with Crippen molar-refractivity contribution < 1.29 is 24.4 Å². The lowest BCUT2D eigenvalue weighted by Gasteiger charge is -2.36. The van der Waals surface area contributed by atoms with Crippen molar-refractivity contribution in [2.24, 2.45) is 10.9 Å². The highest BCUT2D eigenvalue weighted by Crippen LogP contribution is 2.36. The summed E-state index contributed by atoms with van der Waals surface area (Å²) in [5.41, 5.74) is 0.320. The second kappa shape index (κ2) is 7.34. The molecule has 2 rings (SSSR count). The van der Waals surface area contributed by atoms with Crippen molar-refractivity contribution in [2.45, 2.75) is 19.9 Å². The number of rotatable bonds is 4. The molecule has 1 aromatic rings. The van der Waals surface area contributed by atoms with Crippen molar-refractivity contribution in [3.05, 3.63) is 39.9 Å². The molecule has 9 nitrogen and oxygen atoms in total. The molecular weight excluding hydrogens is 350 g/mol. The molecule has 0 saturated heterocycles. The Bertz CT molecular complexity index is 778. The van der Waals surface area contributed by atoms with Crippen LogP contribution in [-0.4, -0.2) is 44.4 Å². The Morgan fingerprint density at radius 3 is 2.72 bits per heavy atom. The third-order valence-corrected chi connectivity index (χ3v) is 3.98. The summed E-state index contributed by atoms with van der Waals surface area (Å²) in [7, 11) is 0. The van der Waals surface area contributed by atoms with Crippen molar-refractivity contribution in [3.63, 3.8) is 0 Å². The highest BCUT2D eigenvalue weighted by atomic mass is 32.1. The van der Waals surface area contributed by atoms with Gasteiger partial charge in [-0.3, -0.25) is 14.9 Å². The lowest BCUT2D eigenvalue weighted by atomic mass is 9.87. The molecule has 0 spiro atoms. The number of hydrogen-bond donors (Lipinski definition) is 1. The summed E-state index contributed by atoms with van der Waals surface area (Å²) >= 11 is 5.02. The van der Waals surface area contributed by atoms with E-state index >= 15 is 0 Å². The number of ether oxygens (including phenoxy) is 1. The number of nitro benzene ring substituents is 1. The lowest BCUT2D eigenvalue weighted by molar-refractivity contribution is -0.385. The number of non-ortho nitro benzene ring substituents is 1. The maximum atomic E-state index is 12.4. The summed E-state index contributed by atoms with van der Waals surface area (Å²) in [6.45, 7) is 3.26. The standard InChI is InChI=1S/C15H15N3O6S/c1-3-24-13(19)11-8(2)16-14(25)17(15(20)21)12(11)9-5-4-6-10(7-9)18(22)23/h4-7,11-12H,3H2,1-2H3,(H,20,21). The van der Waals surface area contributed by atoms with E-state index in [0.717, 1.165) is 4.90 Å². The molecule has 25 heavy (non-hydrogen) atoms. The Kier molecular flexibility index (Phi) is 5.42. The molecule has 0 radical (unpaired) electrons. The van der Waals surface area contributed by atoms with Crippen LogP contribution in [0.4, 0.5) is 10.5 Å². The fourth-order valence-corrected chi connectivity index (χ4v) is 3.00. The number of carbonyl (C=O) groups excluding carboxylic acids is 1. The van der Waals surface area contributed by atoms with Gasteiger partial charge < -0.3 is 9.84 Å². The first-order valence-electron chi connectivity index (χ1n) is 7.30. The van der Waals surface area contributed by atoms with E-state index in [4.69, 9.17) is 17.0 Å². The number of thiocarbonyl (C=S) groups is 1. The van der Waals surface area contributed by atoms with E-state index in [1.54, 1.807) is 6.92 Å². The molecule has 0 saturated carbocycles. The van der Waals surface area contributed by atoms with Crippen LogP contribution in [0.2, 0.25) is 0 Å². The number of carbonyl (C=O) groups is 2. The van der Waals surface area contributed by atoms with Gasteiger partial charge in [0.2, 0.25) is 5.11 Å². The number of nitro groups is 1. The van der Waals surface area contributed by atoms with E-state index in [9.17, 15) is 24.8 Å². The summed E-state index contributed by atoms with van der Waals surface area (Å²) in [6.07, 6.45) is -1.41. The summed E-state index contributed by atoms with van der Waals surface area (Å²) in [4.78, 5) is 39.2. The van der Waals surface area contributed by atoms with Gasteiger partial charge in [-0.05, 0) is 31.6 Å². The van der Waals surface area contributed by atoms with Gasteiger partial charge in [0.15, 0.2) is 0 Å². The maximum absolute atomic E-state index is 12.4. The van der Waals surface area contributed by atoms with E-state index in [-0.39, 0.29) is 28.7 Å². The fraction of sp³-hybridized carbons (Fsp3) is 0.333. The van der Waals surface area contributed by atoms with E-state index in [1.807, 2.05) is 0 Å². The van der Waals surface area contributed by atoms with Gasteiger partial charge in [0, 0.05) is 17.8 Å². The third kappa shape index (κ3) is 3.63. The Hall–Kier alpha value is -2.88. The minimum Gasteiger partial charge on any atom is -0.465 e. The van der Waals surface area contributed by atoms with Gasteiger partial charge in [-0.25, -0.2) is 14.7 Å². The van der Waals surface area contributed by atoms with Crippen molar-refractivity contribution in [1.29, 1.82) is 0 Å². The Morgan fingerprint density at radius 2 is 2.16 bits per heavy atom. The van der Waals surface area contributed by atoms with Gasteiger partial charge in [-0.1, -0.05) is 12.1 Å². The second-order valence-corrected chi connectivity index (χ2v) is 5.58. The van der Waals surface area contributed by atoms with Gasteiger partial charge in [-0.2, -0.15) is 0 Å². The zero-order valence-corrected chi connectivity index (χ0v) is 14.2. The summed E-state index contributed by atoms with van der Waals surface area (Å²) in [5, 5.41) is 20.3. The molecule has 132 valence electrons. The zero-order chi connectivity index (χ0) is 18.7. The van der Waals surface area contributed by atoms with Crippen molar-refractivity contribution >= 4 is 40.8 Å². The number of carboxylic acid groups (broad SMARTS) is 1. The zero-order valence-electron chi connectivity index (χ0n) is 13.4. The average molecular weight is 365 g/mol. The molecule has 1 aliphatic rings. The Labute approximate surface area is 148 Å². The minimum atomic E-state index is -1.41. The first-order valence-corrected chi connectivity index (χ1v) is 7.71. The number of amides is 1. The minimum absolute atomic E-state index is 0.0990. The van der Waals surface area contributed by atoms with E-state index in [1.165, 1.54) is 31.2 Å². The summed E-state index contributed by atoms with van der Waals surface area (Å²) in [6, 6.07) is 4.31. The van der Waals surface area contributed by atoms with Gasteiger partial charge in [-0.15, -0.1) is 0 Å². The normalized spacial score (nSPS) is 20.0. The van der Waals surface area contributed by atoms with Gasteiger partial charge in [0.05, 0.1) is 17.6 Å². The monoisotopic (exact) mass is 365 g/mol. The van der Waals surface area contributed by atoms with Crippen molar-refractivity contribution in [1.82, 2.24) is 4.90 Å². The number of hydrogen-bond acceptors (Lipinski definition) is 6. The summed E-state index contributed by atoms with van der Waals surface area (Å²) < 4.78 is 5.03. The molecule has 10 heteroatoms. The molecule has 2 atom stereocenters. The predicted octanol–water partition coefficient (Wildman–Crippen LogP) is 2.55. The van der Waals surface area contributed by atoms with Crippen molar-refractivity contribution in [2.75, 3.05) is 6.61 Å². The molecule has 0 aromatic heterocycles. The largest absolute Gasteiger partial charge is 0.465 e. The van der Waals surface area contributed by atoms with Crippen LogP contribution in [0.25, 0.3) is 0 Å². The van der Waals surface area contributed by atoms with Gasteiger partial charge in [0.1, 0.15) is 5.92 Å². The quantitative estimate of drug-likeness (QED) is 0.376. The third-order valence-electron chi connectivity index (χ3n) is 3.69. The van der Waals surface area contributed by atoms with Crippen LogP contribution in [0.3, 0.4) is 0 Å². The number of benzene rings is 1. The number of aliphatic imine (C=N–C) groups is 1. The molecular formula is C15H15N3O6S. The molecule has 0 fully saturated rings. The number of nitrogens with zero attached hydrogens (tertiary/aromatic N) is 3. The second-order valence-electron chi connectivity index (χ2n) is 5.21. The van der Waals surface area contributed by atoms with Gasteiger partial charge >= 0.3 is 12.1 Å². The van der Waals surface area contributed by atoms with E-state index in [0.29, 0.717) is 0 Å². The van der Waals surface area contributed by atoms with Crippen molar-refractivity contribution in [3.8, 4) is 0 Å². The van der Waals surface area contributed by atoms with Crippen LogP contribution >= 0.6 is 12.2 Å². The lowest BCUT2D eigenvalue weighted by Crippen LogP contribution is -2.49. The van der Waals surface area contributed by atoms with Crippen LogP contribution in [0.15, 0.2) is 29.3 Å². The molecule has 1 N–H and O–H groups in total. The Morgan fingerprint density at radius 1 is 1.48 bits per heavy atom. The summed E-state index contributed by atoms with van der Waals surface area (Å²) in [5.74, 6) is -1.72. The topological polar surface area (TPSA) is 122 Å². The van der Waals surface area contributed by atoms with Crippen LogP contribution in [-0.2, 0) is 9.53 Å². The smallest absolute Gasteiger partial charge is 0.414 e. The highest BCUT2D eigenvalue weighted by molar-refractivity contribution is 7.80. The van der Waals surface area contributed by atoms with Gasteiger partial charge in [0.25, 0.3) is 5.69 Å². The highest BCUT2D eigenvalue weighted by Gasteiger charge is 2.44. The van der Waals surface area contributed by atoms with Crippen LogP contribution in [0.1, 0.15) is 25.5 Å². The molecule has 2 unspecified atom stereocenters. The van der Waals surface area contributed by atoms with E-state index in [2.05, 4.69) is 4.99 Å². The SMILES string of the molecule is CCOC(=O)C1C(C)=NC(=S)N(C(=O)O)C1c1cccc([N+](=O)[O-])c1. The molecule has 1 heterocycles. The maximum Gasteiger partial charge on any atom is 0.414 e. The first-order chi connectivity index (χ1) is 11.8.